The number of rotatable bonds is 2. The zero-order valence-corrected chi connectivity index (χ0v) is 17.2. The monoisotopic (exact) mass is 298 g/mol. The first-order chi connectivity index (χ1) is 9.34. The fraction of sp³-hybridized carbons (Fsp3) is 0.235. The molecule has 0 spiro atoms. The van der Waals surface area contributed by atoms with Crippen LogP contribution in [-0.2, 0) is 0 Å². The first kappa shape index (κ1) is 14.9. The van der Waals surface area contributed by atoms with Crippen molar-refractivity contribution in [3.8, 4) is 0 Å². The van der Waals surface area contributed by atoms with Crippen LogP contribution in [0, 0.1) is 27.7 Å². The molecular weight excluding hydrogens is 276 g/mol. The van der Waals surface area contributed by atoms with Crippen molar-refractivity contribution in [1.82, 2.24) is 0 Å². The quantitative estimate of drug-likeness (QED) is 0.569. The van der Waals surface area contributed by atoms with Crippen LogP contribution in [0.2, 0.25) is 0 Å². The molecule has 0 N–H and O–H groups in total. The lowest BCUT2D eigenvalue weighted by Crippen LogP contribution is -2.16. The van der Waals surface area contributed by atoms with Gasteiger partial charge < -0.3 is 0 Å². The number of hydrogen-bond donors (Lipinski definition) is 0. The van der Waals surface area contributed by atoms with Gasteiger partial charge >= 0.3 is 0 Å². The number of carbonyl (C=O) groups is 1. The van der Waals surface area contributed by atoms with Gasteiger partial charge in [-0.25, -0.2) is 0 Å². The van der Waals surface area contributed by atoms with Crippen LogP contribution >= 0.6 is 0 Å². The first-order valence-electron chi connectivity index (χ1n) is 7.03. The van der Waals surface area contributed by atoms with Crippen LogP contribution in [0.4, 0.5) is 0 Å². The lowest BCUT2D eigenvalue weighted by molar-refractivity contribution is 0.103. The maximum Gasteiger partial charge on any atom is 0.193 e. The summed E-state index contributed by atoms with van der Waals surface area (Å²) in [5.74, 6) is 0.162. The van der Waals surface area contributed by atoms with E-state index in [0.29, 0.717) is 0 Å². The van der Waals surface area contributed by atoms with E-state index in [1.54, 1.807) is 0 Å². The normalized spacial score (nSPS) is 11.0. The van der Waals surface area contributed by atoms with Crippen LogP contribution in [0.15, 0.2) is 24.3 Å². The van der Waals surface area contributed by atoms with E-state index < -0.39 is 0 Å². The highest BCUT2D eigenvalue weighted by atomic mass is 28.1. The molecule has 0 bridgehead atoms. The van der Waals surface area contributed by atoms with Gasteiger partial charge in [0.1, 0.15) is 0 Å². The second kappa shape index (κ2) is 5.50. The van der Waals surface area contributed by atoms with Crippen molar-refractivity contribution >= 4 is 36.6 Å². The Bertz CT molecular complexity index is 643. The standard InChI is InChI=1S/C17H22OSi2/c1-9-11(3)15(19)7-5-13(9)17(18)14-6-8-16(20)12(4)10(14)2/h5-8H,1-4,19-20H3. The molecule has 0 radical (unpaired) electrons. The summed E-state index contributed by atoms with van der Waals surface area (Å²) in [5.41, 5.74) is 6.52. The van der Waals surface area contributed by atoms with Crippen LogP contribution in [0.3, 0.4) is 0 Å². The molecule has 0 saturated heterocycles. The summed E-state index contributed by atoms with van der Waals surface area (Å²) in [6.45, 7) is 8.36. The Kier molecular flexibility index (Phi) is 4.11. The van der Waals surface area contributed by atoms with Gasteiger partial charge in [-0.3, -0.25) is 4.79 Å². The molecule has 0 aliphatic carbocycles. The molecule has 0 atom stereocenters. The molecule has 0 amide bonds. The summed E-state index contributed by atoms with van der Waals surface area (Å²) in [6, 6.07) is 8.20. The summed E-state index contributed by atoms with van der Waals surface area (Å²) < 4.78 is 0. The Morgan fingerprint density at radius 2 is 1.05 bits per heavy atom. The molecule has 2 aromatic carbocycles. The van der Waals surface area contributed by atoms with Gasteiger partial charge in [0.15, 0.2) is 5.78 Å². The van der Waals surface area contributed by atoms with Crippen LogP contribution in [0.25, 0.3) is 0 Å². The molecule has 0 aromatic heterocycles. The Balaban J connectivity index is 2.58. The second-order valence-corrected chi connectivity index (χ2v) is 7.84. The van der Waals surface area contributed by atoms with Crippen molar-refractivity contribution in [2.75, 3.05) is 0 Å². The molecule has 0 unspecified atom stereocenters. The predicted molar refractivity (Wildman–Crippen MR) is 94.4 cm³/mol. The molecule has 0 aliphatic rings. The molecule has 0 heterocycles. The molecule has 0 aliphatic heterocycles. The minimum absolute atomic E-state index is 0.162. The zero-order chi connectivity index (χ0) is 15.0. The van der Waals surface area contributed by atoms with Gasteiger partial charge in [0, 0.05) is 31.6 Å². The van der Waals surface area contributed by atoms with Crippen molar-refractivity contribution in [2.24, 2.45) is 0 Å². The summed E-state index contributed by atoms with van der Waals surface area (Å²) in [4.78, 5) is 12.8. The van der Waals surface area contributed by atoms with Gasteiger partial charge in [-0.1, -0.05) is 34.6 Å². The molecule has 2 rings (SSSR count). The maximum atomic E-state index is 12.8. The molecule has 1 nitrogen and oxygen atoms in total. The van der Waals surface area contributed by atoms with Crippen LogP contribution in [0.1, 0.15) is 38.2 Å². The highest BCUT2D eigenvalue weighted by Gasteiger charge is 2.16. The third-order valence-corrected chi connectivity index (χ3v) is 6.77. The summed E-state index contributed by atoms with van der Waals surface area (Å²) in [6.07, 6.45) is 0. The minimum atomic E-state index is 0.162. The van der Waals surface area contributed by atoms with Gasteiger partial charge in [0.25, 0.3) is 0 Å². The maximum absolute atomic E-state index is 12.8. The fourth-order valence-corrected chi connectivity index (χ4v) is 3.63. The van der Waals surface area contributed by atoms with Crippen molar-refractivity contribution in [2.45, 2.75) is 27.7 Å². The molecule has 20 heavy (non-hydrogen) atoms. The molecule has 104 valence electrons. The van der Waals surface area contributed by atoms with E-state index in [0.717, 1.165) is 42.7 Å². The van der Waals surface area contributed by atoms with E-state index >= 15 is 0 Å². The van der Waals surface area contributed by atoms with E-state index in [2.05, 4.69) is 39.8 Å². The summed E-state index contributed by atoms with van der Waals surface area (Å²) >= 11 is 0. The van der Waals surface area contributed by atoms with E-state index in [1.165, 1.54) is 21.5 Å². The highest BCUT2D eigenvalue weighted by molar-refractivity contribution is 6.34. The van der Waals surface area contributed by atoms with Gasteiger partial charge in [-0.2, -0.15) is 0 Å². The third kappa shape index (κ3) is 2.43. The number of hydrogen-bond acceptors (Lipinski definition) is 1. The van der Waals surface area contributed by atoms with E-state index in [4.69, 9.17) is 0 Å². The van der Waals surface area contributed by atoms with Crippen molar-refractivity contribution in [1.29, 1.82) is 0 Å². The summed E-state index contributed by atoms with van der Waals surface area (Å²) in [7, 11) is 2.06. The lowest BCUT2D eigenvalue weighted by atomic mass is 9.92. The van der Waals surface area contributed by atoms with Crippen LogP contribution in [-0.4, -0.2) is 26.3 Å². The smallest absolute Gasteiger partial charge is 0.193 e. The van der Waals surface area contributed by atoms with Gasteiger partial charge in [0.05, 0.1) is 0 Å². The highest BCUT2D eigenvalue weighted by Crippen LogP contribution is 2.19. The number of ketones is 1. The van der Waals surface area contributed by atoms with E-state index in [-0.39, 0.29) is 5.78 Å². The molecule has 0 fully saturated rings. The number of benzene rings is 2. The topological polar surface area (TPSA) is 17.1 Å². The second-order valence-electron chi connectivity index (χ2n) is 5.69. The Hall–Kier alpha value is -1.46. The molecule has 0 saturated carbocycles. The molecular formula is C17H22OSi2. The summed E-state index contributed by atoms with van der Waals surface area (Å²) in [5, 5.41) is 2.75. The SMILES string of the molecule is Cc1c([SiH3])ccc(C(=O)c2ccc([SiH3])c(C)c2C)c1C. The largest absolute Gasteiger partial charge is 0.289 e. The van der Waals surface area contributed by atoms with Crippen LogP contribution < -0.4 is 10.4 Å². The predicted octanol–water partition coefficient (Wildman–Crippen LogP) is 0.133. The molecule has 2 aromatic rings. The van der Waals surface area contributed by atoms with Gasteiger partial charge in [-0.05, 0) is 49.9 Å². The van der Waals surface area contributed by atoms with Crippen molar-refractivity contribution in [3.63, 3.8) is 0 Å². The third-order valence-electron chi connectivity index (χ3n) is 4.61. The minimum Gasteiger partial charge on any atom is -0.289 e. The zero-order valence-electron chi connectivity index (χ0n) is 13.2. The van der Waals surface area contributed by atoms with Crippen LogP contribution in [0.5, 0.6) is 0 Å². The Morgan fingerprint density at radius 3 is 1.40 bits per heavy atom. The van der Waals surface area contributed by atoms with Gasteiger partial charge in [-0.15, -0.1) is 0 Å². The van der Waals surface area contributed by atoms with Crippen molar-refractivity contribution < 1.29 is 4.79 Å². The van der Waals surface area contributed by atoms with E-state index in [9.17, 15) is 4.79 Å². The Morgan fingerprint density at radius 1 is 0.700 bits per heavy atom. The average molecular weight is 299 g/mol. The lowest BCUT2D eigenvalue weighted by Gasteiger charge is -2.14. The number of carbonyl (C=O) groups excluding carboxylic acids is 1. The van der Waals surface area contributed by atoms with Crippen molar-refractivity contribution in [3.05, 3.63) is 57.6 Å². The molecule has 3 heteroatoms. The Labute approximate surface area is 127 Å². The van der Waals surface area contributed by atoms with Gasteiger partial charge in [0.2, 0.25) is 0 Å². The first-order valence-corrected chi connectivity index (χ1v) is 9.03. The average Bonchev–Trinajstić information content (AvgIpc) is 2.42. The fourth-order valence-electron chi connectivity index (χ4n) is 2.55. The van der Waals surface area contributed by atoms with E-state index in [1.807, 2.05) is 12.1 Å².